The number of hydrogen-bond acceptors (Lipinski definition) is 3. The number of urea groups is 1. The lowest BCUT2D eigenvalue weighted by Crippen LogP contribution is -2.31. The van der Waals surface area contributed by atoms with Crippen LogP contribution in [0.2, 0.25) is 0 Å². The third-order valence-electron chi connectivity index (χ3n) is 3.20. The molecule has 1 N–H and O–H groups in total. The van der Waals surface area contributed by atoms with Crippen LogP contribution >= 0.6 is 0 Å². The van der Waals surface area contributed by atoms with Crippen molar-refractivity contribution in [3.63, 3.8) is 0 Å². The Morgan fingerprint density at radius 2 is 1.92 bits per heavy atom. The van der Waals surface area contributed by atoms with Gasteiger partial charge in [-0.2, -0.15) is 14.0 Å². The Hall–Kier alpha value is -3.14. The van der Waals surface area contributed by atoms with Crippen molar-refractivity contribution in [2.24, 2.45) is 0 Å². The van der Waals surface area contributed by atoms with Crippen molar-refractivity contribution in [2.75, 3.05) is 12.4 Å². The van der Waals surface area contributed by atoms with Crippen LogP contribution in [0.15, 0.2) is 48.5 Å². The number of halogens is 2. The second-order valence-electron chi connectivity index (χ2n) is 4.97. The molecular weight excluding hydrogens is 316 g/mol. The van der Waals surface area contributed by atoms with Gasteiger partial charge in [-0.25, -0.2) is 4.79 Å². The second kappa shape index (κ2) is 7.92. The Kier molecular flexibility index (Phi) is 5.68. The number of ether oxygens (including phenoxy) is 1. The predicted octanol–water partition coefficient (Wildman–Crippen LogP) is 3.82. The van der Waals surface area contributed by atoms with E-state index >= 15 is 0 Å². The zero-order valence-corrected chi connectivity index (χ0v) is 12.9. The number of nitrogens with zero attached hydrogens (tertiary/aromatic N) is 2. The Morgan fingerprint density at radius 3 is 2.54 bits per heavy atom. The molecule has 0 spiro atoms. The fourth-order valence-corrected chi connectivity index (χ4v) is 2.02. The Morgan fingerprint density at radius 1 is 1.25 bits per heavy atom. The number of amides is 2. The van der Waals surface area contributed by atoms with Gasteiger partial charge in [0.05, 0.1) is 11.3 Å². The van der Waals surface area contributed by atoms with Gasteiger partial charge < -0.3 is 15.0 Å². The van der Waals surface area contributed by atoms with Crippen LogP contribution in [0.5, 0.6) is 5.75 Å². The van der Waals surface area contributed by atoms with E-state index in [0.717, 1.165) is 5.56 Å². The number of benzene rings is 2. The van der Waals surface area contributed by atoms with Gasteiger partial charge >= 0.3 is 12.6 Å². The summed E-state index contributed by atoms with van der Waals surface area (Å²) in [6.07, 6.45) is 0. The van der Waals surface area contributed by atoms with Crippen molar-refractivity contribution in [1.29, 1.82) is 5.26 Å². The summed E-state index contributed by atoms with van der Waals surface area (Å²) >= 11 is 0. The van der Waals surface area contributed by atoms with Crippen LogP contribution in [-0.4, -0.2) is 24.6 Å². The van der Waals surface area contributed by atoms with Gasteiger partial charge in [-0.1, -0.05) is 24.3 Å². The summed E-state index contributed by atoms with van der Waals surface area (Å²) in [6.45, 7) is -2.60. The first kappa shape index (κ1) is 17.2. The number of carbonyl (C=O) groups excluding carboxylic acids is 1. The lowest BCUT2D eigenvalue weighted by atomic mass is 10.2. The number of para-hydroxylation sites is 1. The summed E-state index contributed by atoms with van der Waals surface area (Å²) < 4.78 is 28.5. The first-order chi connectivity index (χ1) is 11.5. The molecule has 124 valence electrons. The average molecular weight is 331 g/mol. The average Bonchev–Trinajstić information content (AvgIpc) is 2.56. The molecule has 0 aliphatic heterocycles. The summed E-state index contributed by atoms with van der Waals surface area (Å²) in [4.78, 5) is 13.6. The van der Waals surface area contributed by atoms with E-state index in [1.54, 1.807) is 43.4 Å². The standard InChI is InChI=1S/C17H15F2N3O2/c1-22(11-12-6-8-14(9-7-12)24-16(18)19)17(23)21-15-5-3-2-4-13(15)10-20/h2-9,16H,11H2,1H3,(H,21,23). The van der Waals surface area contributed by atoms with E-state index in [4.69, 9.17) is 5.26 Å². The number of alkyl halides is 2. The van der Waals surface area contributed by atoms with Gasteiger partial charge in [0.2, 0.25) is 0 Å². The molecule has 0 saturated heterocycles. The molecule has 0 fully saturated rings. The van der Waals surface area contributed by atoms with Crippen molar-refractivity contribution < 1.29 is 18.3 Å². The molecule has 0 aliphatic rings. The van der Waals surface area contributed by atoms with E-state index in [0.29, 0.717) is 11.3 Å². The maximum absolute atomic E-state index is 12.2. The van der Waals surface area contributed by atoms with Gasteiger partial charge in [-0.15, -0.1) is 0 Å². The number of rotatable bonds is 5. The minimum absolute atomic E-state index is 0.0591. The number of nitrogens with one attached hydrogen (secondary N) is 1. The third kappa shape index (κ3) is 4.68. The first-order valence-electron chi connectivity index (χ1n) is 7.04. The molecule has 0 aliphatic carbocycles. The molecule has 0 radical (unpaired) electrons. The van der Waals surface area contributed by atoms with Crippen molar-refractivity contribution in [2.45, 2.75) is 13.2 Å². The van der Waals surface area contributed by atoms with E-state index in [1.807, 2.05) is 6.07 Å². The van der Waals surface area contributed by atoms with Gasteiger partial charge in [0.1, 0.15) is 11.8 Å². The molecule has 0 aromatic heterocycles. The minimum Gasteiger partial charge on any atom is -0.435 e. The van der Waals surface area contributed by atoms with Gasteiger partial charge in [-0.05, 0) is 29.8 Å². The lowest BCUT2D eigenvalue weighted by Gasteiger charge is -2.18. The largest absolute Gasteiger partial charge is 0.435 e. The molecule has 0 heterocycles. The molecule has 0 atom stereocenters. The number of nitriles is 1. The zero-order chi connectivity index (χ0) is 17.5. The number of carbonyl (C=O) groups is 1. The maximum Gasteiger partial charge on any atom is 0.387 e. The molecule has 0 bridgehead atoms. The molecule has 0 unspecified atom stereocenters. The summed E-state index contributed by atoms with van der Waals surface area (Å²) in [6, 6.07) is 14.3. The van der Waals surface area contributed by atoms with Crippen LogP contribution in [0.1, 0.15) is 11.1 Å². The third-order valence-corrected chi connectivity index (χ3v) is 3.20. The number of anilines is 1. The maximum atomic E-state index is 12.2. The van der Waals surface area contributed by atoms with Crippen LogP contribution in [0.3, 0.4) is 0 Å². The highest BCUT2D eigenvalue weighted by molar-refractivity contribution is 5.90. The van der Waals surface area contributed by atoms with E-state index < -0.39 is 6.61 Å². The highest BCUT2D eigenvalue weighted by Crippen LogP contribution is 2.17. The first-order valence-corrected chi connectivity index (χ1v) is 7.04. The highest BCUT2D eigenvalue weighted by Gasteiger charge is 2.12. The monoisotopic (exact) mass is 331 g/mol. The summed E-state index contributed by atoms with van der Waals surface area (Å²) in [5, 5.41) is 11.7. The molecule has 2 amide bonds. The van der Waals surface area contributed by atoms with E-state index in [2.05, 4.69) is 10.1 Å². The van der Waals surface area contributed by atoms with Crippen LogP contribution in [0.4, 0.5) is 19.3 Å². The Labute approximate surface area is 138 Å². The molecule has 2 aromatic carbocycles. The highest BCUT2D eigenvalue weighted by atomic mass is 19.3. The molecule has 7 heteroatoms. The fraction of sp³-hybridized carbons (Fsp3) is 0.176. The SMILES string of the molecule is CN(Cc1ccc(OC(F)F)cc1)C(=O)Nc1ccccc1C#N. The van der Waals surface area contributed by atoms with E-state index in [-0.39, 0.29) is 18.3 Å². The van der Waals surface area contributed by atoms with Crippen molar-refractivity contribution in [3.05, 3.63) is 59.7 Å². The Bertz CT molecular complexity index is 742. The van der Waals surface area contributed by atoms with E-state index in [9.17, 15) is 13.6 Å². The summed E-state index contributed by atoms with van der Waals surface area (Å²) in [5.41, 5.74) is 1.55. The predicted molar refractivity (Wildman–Crippen MR) is 84.7 cm³/mol. The van der Waals surface area contributed by atoms with Crippen molar-refractivity contribution in [1.82, 2.24) is 4.90 Å². The van der Waals surface area contributed by atoms with Gasteiger partial charge in [0.25, 0.3) is 0 Å². The second-order valence-corrected chi connectivity index (χ2v) is 4.97. The molecule has 24 heavy (non-hydrogen) atoms. The Balaban J connectivity index is 1.97. The molecule has 5 nitrogen and oxygen atoms in total. The fourth-order valence-electron chi connectivity index (χ4n) is 2.02. The molecule has 2 aromatic rings. The van der Waals surface area contributed by atoms with Crippen molar-refractivity contribution >= 4 is 11.7 Å². The van der Waals surface area contributed by atoms with Crippen LogP contribution in [0, 0.1) is 11.3 Å². The van der Waals surface area contributed by atoms with E-state index in [1.165, 1.54) is 17.0 Å². The quantitative estimate of drug-likeness (QED) is 0.906. The van der Waals surface area contributed by atoms with Gasteiger partial charge in [-0.3, -0.25) is 0 Å². The molecule has 0 saturated carbocycles. The zero-order valence-electron chi connectivity index (χ0n) is 12.9. The summed E-state index contributed by atoms with van der Waals surface area (Å²) in [7, 11) is 1.59. The van der Waals surface area contributed by atoms with Crippen molar-refractivity contribution in [3.8, 4) is 11.8 Å². The normalized spacial score (nSPS) is 10.1. The van der Waals surface area contributed by atoms with Gasteiger partial charge in [0, 0.05) is 13.6 Å². The van der Waals surface area contributed by atoms with Crippen LogP contribution in [0.25, 0.3) is 0 Å². The van der Waals surface area contributed by atoms with Crippen LogP contribution < -0.4 is 10.1 Å². The minimum atomic E-state index is -2.87. The summed E-state index contributed by atoms with van der Waals surface area (Å²) in [5.74, 6) is 0.0591. The topological polar surface area (TPSA) is 65.4 Å². The molecular formula is C17H15F2N3O2. The molecule has 2 rings (SSSR count). The lowest BCUT2D eigenvalue weighted by molar-refractivity contribution is -0.0498. The van der Waals surface area contributed by atoms with Crippen LogP contribution in [-0.2, 0) is 6.54 Å². The smallest absolute Gasteiger partial charge is 0.387 e. The van der Waals surface area contributed by atoms with Gasteiger partial charge in [0.15, 0.2) is 0 Å². The number of hydrogen-bond donors (Lipinski definition) is 1.